The number of hydrogen-bond acceptors (Lipinski definition) is 1. The van der Waals surface area contributed by atoms with Gasteiger partial charge in [0.1, 0.15) is 0 Å². The molecule has 0 aromatic heterocycles. The summed E-state index contributed by atoms with van der Waals surface area (Å²) in [6, 6.07) is 6.71. The van der Waals surface area contributed by atoms with E-state index in [1.165, 1.54) is 0 Å². The molecule has 1 aliphatic carbocycles. The monoisotopic (exact) mass is 194 g/mol. The second kappa shape index (κ2) is 3.40. The van der Waals surface area contributed by atoms with Crippen molar-refractivity contribution < 1.29 is 14.3 Å². The maximum Gasteiger partial charge on any atom is 0.335 e. The first-order chi connectivity index (χ1) is 6.72. The predicted octanol–water partition coefficient (Wildman–Crippen LogP) is 2.46. The van der Waals surface area contributed by atoms with Gasteiger partial charge in [0.15, 0.2) is 0 Å². The molecule has 2 atom stereocenters. The van der Waals surface area contributed by atoms with Gasteiger partial charge in [-0.05, 0) is 36.0 Å². The van der Waals surface area contributed by atoms with Gasteiger partial charge in [-0.25, -0.2) is 4.79 Å². The molecule has 14 heavy (non-hydrogen) atoms. The summed E-state index contributed by atoms with van der Waals surface area (Å²) in [5, 5.41) is 8.67. The zero-order valence-electron chi connectivity index (χ0n) is 7.61. The van der Waals surface area contributed by atoms with Crippen molar-refractivity contribution in [3.8, 4) is 0 Å². The molecule has 1 aromatic carbocycles. The smallest absolute Gasteiger partial charge is 0.335 e. The lowest BCUT2D eigenvalue weighted by Gasteiger charge is -1.99. The van der Waals surface area contributed by atoms with Crippen LogP contribution in [0.2, 0.25) is 0 Å². The summed E-state index contributed by atoms with van der Waals surface area (Å²) in [5.41, 5.74) is 1.34. The van der Waals surface area contributed by atoms with Gasteiger partial charge in [0, 0.05) is 0 Å². The zero-order chi connectivity index (χ0) is 10.1. The Kier molecular flexibility index (Phi) is 2.23. The SMILES string of the molecule is O=C(O)c1ccc(C2CC2CF)cc1. The number of carboxylic acids is 1. The molecule has 1 fully saturated rings. The average molecular weight is 194 g/mol. The lowest BCUT2D eigenvalue weighted by molar-refractivity contribution is 0.0697. The van der Waals surface area contributed by atoms with Gasteiger partial charge in [-0.2, -0.15) is 0 Å². The average Bonchev–Trinajstić information content (AvgIpc) is 2.97. The molecule has 74 valence electrons. The summed E-state index contributed by atoms with van der Waals surface area (Å²) >= 11 is 0. The van der Waals surface area contributed by atoms with Crippen molar-refractivity contribution in [1.29, 1.82) is 0 Å². The van der Waals surface area contributed by atoms with E-state index in [1.807, 2.05) is 0 Å². The van der Waals surface area contributed by atoms with E-state index in [-0.39, 0.29) is 18.2 Å². The highest BCUT2D eigenvalue weighted by Gasteiger charge is 2.37. The van der Waals surface area contributed by atoms with E-state index < -0.39 is 5.97 Å². The fourth-order valence-electron chi connectivity index (χ4n) is 1.70. The topological polar surface area (TPSA) is 37.3 Å². The first-order valence-electron chi connectivity index (χ1n) is 4.61. The molecule has 0 radical (unpaired) electrons. The van der Waals surface area contributed by atoms with Crippen LogP contribution >= 0.6 is 0 Å². The predicted molar refractivity (Wildman–Crippen MR) is 50.2 cm³/mol. The molecule has 0 amide bonds. The normalized spacial score (nSPS) is 24.6. The van der Waals surface area contributed by atoms with Crippen molar-refractivity contribution in [3.63, 3.8) is 0 Å². The summed E-state index contributed by atoms with van der Waals surface area (Å²) in [7, 11) is 0. The van der Waals surface area contributed by atoms with Gasteiger partial charge in [0.2, 0.25) is 0 Å². The van der Waals surface area contributed by atoms with Crippen LogP contribution in [0.5, 0.6) is 0 Å². The van der Waals surface area contributed by atoms with E-state index in [1.54, 1.807) is 24.3 Å². The van der Waals surface area contributed by atoms with Crippen LogP contribution in [0, 0.1) is 5.92 Å². The molecular weight excluding hydrogens is 183 g/mol. The van der Waals surface area contributed by atoms with Crippen LogP contribution in [-0.4, -0.2) is 17.8 Å². The molecule has 2 rings (SSSR count). The Labute approximate surface area is 81.4 Å². The third-order valence-electron chi connectivity index (χ3n) is 2.71. The zero-order valence-corrected chi connectivity index (χ0v) is 7.61. The quantitative estimate of drug-likeness (QED) is 0.802. The highest BCUT2D eigenvalue weighted by atomic mass is 19.1. The fraction of sp³-hybridized carbons (Fsp3) is 0.364. The minimum absolute atomic E-state index is 0.158. The van der Waals surface area contributed by atoms with E-state index in [2.05, 4.69) is 0 Å². The molecule has 1 N–H and O–H groups in total. The number of rotatable bonds is 3. The number of hydrogen-bond donors (Lipinski definition) is 1. The Hall–Kier alpha value is -1.38. The molecule has 1 saturated carbocycles. The van der Waals surface area contributed by atoms with Gasteiger partial charge in [0.25, 0.3) is 0 Å². The number of carbonyl (C=O) groups is 1. The Bertz CT molecular complexity index is 345. The Morgan fingerprint density at radius 3 is 2.50 bits per heavy atom. The van der Waals surface area contributed by atoms with E-state index in [4.69, 9.17) is 5.11 Å². The minimum atomic E-state index is -0.922. The molecule has 1 aromatic rings. The van der Waals surface area contributed by atoms with Crippen LogP contribution < -0.4 is 0 Å². The third-order valence-corrected chi connectivity index (χ3v) is 2.71. The highest BCUT2D eigenvalue weighted by molar-refractivity contribution is 5.87. The van der Waals surface area contributed by atoms with Crippen LogP contribution in [0.3, 0.4) is 0 Å². The molecule has 0 bridgehead atoms. The number of halogens is 1. The Morgan fingerprint density at radius 1 is 1.43 bits per heavy atom. The molecule has 0 spiro atoms. The maximum absolute atomic E-state index is 12.2. The van der Waals surface area contributed by atoms with Gasteiger partial charge in [-0.3, -0.25) is 4.39 Å². The molecule has 2 unspecified atom stereocenters. The van der Waals surface area contributed by atoms with Crippen LogP contribution in [0.25, 0.3) is 0 Å². The summed E-state index contributed by atoms with van der Waals surface area (Å²) in [6.45, 7) is -0.272. The Morgan fingerprint density at radius 2 is 2.07 bits per heavy atom. The number of aromatic carboxylic acids is 1. The standard InChI is InChI=1S/C11H11FO2/c12-6-9-5-10(9)7-1-3-8(4-2-7)11(13)14/h1-4,9-10H,5-6H2,(H,13,14). The number of carboxylic acid groups (broad SMARTS) is 1. The molecule has 3 heteroatoms. The third kappa shape index (κ3) is 1.62. The number of benzene rings is 1. The van der Waals surface area contributed by atoms with Gasteiger partial charge in [-0.1, -0.05) is 12.1 Å². The molecule has 0 aliphatic heterocycles. The summed E-state index contributed by atoms with van der Waals surface area (Å²) in [4.78, 5) is 10.6. The lowest BCUT2D eigenvalue weighted by Crippen LogP contribution is -1.95. The minimum Gasteiger partial charge on any atom is -0.478 e. The Balaban J connectivity index is 2.11. The largest absolute Gasteiger partial charge is 0.478 e. The van der Waals surface area contributed by atoms with E-state index >= 15 is 0 Å². The maximum atomic E-state index is 12.2. The van der Waals surface area contributed by atoms with Crippen LogP contribution in [0.4, 0.5) is 4.39 Å². The van der Waals surface area contributed by atoms with Crippen molar-refractivity contribution in [3.05, 3.63) is 35.4 Å². The van der Waals surface area contributed by atoms with Crippen molar-refractivity contribution in [2.45, 2.75) is 12.3 Å². The summed E-state index contributed by atoms with van der Waals surface area (Å²) in [5.74, 6) is -0.456. The summed E-state index contributed by atoms with van der Waals surface area (Å²) < 4.78 is 12.2. The molecule has 0 heterocycles. The van der Waals surface area contributed by atoms with Crippen LogP contribution in [0.1, 0.15) is 28.3 Å². The van der Waals surface area contributed by atoms with Crippen LogP contribution in [0.15, 0.2) is 24.3 Å². The van der Waals surface area contributed by atoms with Crippen LogP contribution in [-0.2, 0) is 0 Å². The van der Waals surface area contributed by atoms with Crippen molar-refractivity contribution in [2.24, 2.45) is 5.92 Å². The van der Waals surface area contributed by atoms with Gasteiger partial charge in [-0.15, -0.1) is 0 Å². The molecule has 0 saturated heterocycles. The molecule has 2 nitrogen and oxygen atoms in total. The van der Waals surface area contributed by atoms with Gasteiger partial charge < -0.3 is 5.11 Å². The van der Waals surface area contributed by atoms with Crippen molar-refractivity contribution in [1.82, 2.24) is 0 Å². The second-order valence-electron chi connectivity index (χ2n) is 3.68. The van der Waals surface area contributed by atoms with E-state index in [9.17, 15) is 9.18 Å². The first-order valence-corrected chi connectivity index (χ1v) is 4.61. The van der Waals surface area contributed by atoms with Gasteiger partial charge >= 0.3 is 5.97 Å². The van der Waals surface area contributed by atoms with Crippen molar-refractivity contribution >= 4 is 5.97 Å². The van der Waals surface area contributed by atoms with E-state index in [0.717, 1.165) is 12.0 Å². The molecular formula is C11H11FO2. The highest BCUT2D eigenvalue weighted by Crippen LogP contribution is 2.47. The summed E-state index contributed by atoms with van der Waals surface area (Å²) in [6.07, 6.45) is 0.892. The number of alkyl halides is 1. The van der Waals surface area contributed by atoms with Gasteiger partial charge in [0.05, 0.1) is 12.2 Å². The first kappa shape index (κ1) is 9.19. The molecule has 1 aliphatic rings. The second-order valence-corrected chi connectivity index (χ2v) is 3.68. The van der Waals surface area contributed by atoms with E-state index in [0.29, 0.717) is 5.92 Å². The lowest BCUT2D eigenvalue weighted by atomic mass is 10.1. The van der Waals surface area contributed by atoms with Crippen molar-refractivity contribution in [2.75, 3.05) is 6.67 Å². The fourth-order valence-corrected chi connectivity index (χ4v) is 1.70.